The summed E-state index contributed by atoms with van der Waals surface area (Å²) in [7, 11) is 0. The minimum absolute atomic E-state index is 0.0272. The molecule has 150 valence electrons. The summed E-state index contributed by atoms with van der Waals surface area (Å²) in [6.07, 6.45) is 3.41. The molecule has 4 rings (SSSR count). The van der Waals surface area contributed by atoms with Crippen LogP contribution in [0.2, 0.25) is 0 Å². The summed E-state index contributed by atoms with van der Waals surface area (Å²) in [4.78, 5) is 24.7. The number of hydrogen-bond donors (Lipinski definition) is 0. The quantitative estimate of drug-likeness (QED) is 0.630. The lowest BCUT2D eigenvalue weighted by molar-refractivity contribution is -0.136. The van der Waals surface area contributed by atoms with E-state index in [1.54, 1.807) is 41.6 Å². The van der Waals surface area contributed by atoms with Gasteiger partial charge in [0, 0.05) is 50.2 Å². The van der Waals surface area contributed by atoms with Crippen LogP contribution in [0.1, 0.15) is 5.69 Å². The van der Waals surface area contributed by atoms with E-state index in [-0.39, 0.29) is 24.9 Å². The fraction of sp³-hybridized carbons (Fsp3) is 0.300. The van der Waals surface area contributed by atoms with E-state index in [1.165, 1.54) is 12.1 Å². The van der Waals surface area contributed by atoms with E-state index in [9.17, 15) is 9.18 Å². The van der Waals surface area contributed by atoms with Gasteiger partial charge in [-0.15, -0.1) is 0 Å². The molecule has 0 unspecified atom stereocenters. The molecule has 0 radical (unpaired) electrons. The second kappa shape index (κ2) is 8.78. The Labute approximate surface area is 166 Å². The molecule has 3 heterocycles. The minimum atomic E-state index is -0.313. The van der Waals surface area contributed by atoms with Crippen molar-refractivity contribution in [2.45, 2.75) is 6.61 Å². The van der Waals surface area contributed by atoms with Gasteiger partial charge in [0.25, 0.3) is 0 Å². The van der Waals surface area contributed by atoms with Gasteiger partial charge in [0.1, 0.15) is 18.1 Å². The van der Waals surface area contributed by atoms with Gasteiger partial charge < -0.3 is 19.1 Å². The Hall–Kier alpha value is -3.33. The molecular weight excluding hydrogens is 377 g/mol. The Bertz CT molecular complexity index is 940. The lowest BCUT2D eigenvalue weighted by Gasteiger charge is -2.34. The molecule has 0 saturated carbocycles. The molecule has 1 aliphatic heterocycles. The van der Waals surface area contributed by atoms with Crippen molar-refractivity contribution in [2.24, 2.45) is 0 Å². The van der Waals surface area contributed by atoms with Crippen molar-refractivity contribution in [1.82, 2.24) is 20.0 Å². The molecule has 2 aromatic heterocycles. The number of carbonyl (C=O) groups is 1. The summed E-state index contributed by atoms with van der Waals surface area (Å²) in [5, 5.41) is 3.93. The molecule has 0 spiro atoms. The molecule has 9 heteroatoms. The maximum Gasteiger partial charge on any atom is 0.248 e. The standard InChI is InChI=1S/C20H20FN5O3/c21-16-4-2-15(3-5-16)18-12-17(24-29-18)13-28-14-19(27)25-8-10-26(11-9-25)20-22-6-1-7-23-20/h1-7,12H,8-11,13-14H2. The highest BCUT2D eigenvalue weighted by Gasteiger charge is 2.22. The van der Waals surface area contributed by atoms with Crippen molar-refractivity contribution in [3.05, 3.63) is 60.3 Å². The number of hydrogen-bond acceptors (Lipinski definition) is 7. The first-order valence-corrected chi connectivity index (χ1v) is 9.28. The zero-order valence-corrected chi connectivity index (χ0v) is 15.7. The number of halogens is 1. The molecule has 8 nitrogen and oxygen atoms in total. The average Bonchev–Trinajstić information content (AvgIpc) is 3.24. The van der Waals surface area contributed by atoms with Crippen LogP contribution in [0.15, 0.2) is 53.3 Å². The number of piperazine rings is 1. The maximum atomic E-state index is 13.0. The second-order valence-corrected chi connectivity index (χ2v) is 6.60. The first kappa shape index (κ1) is 19.0. The Morgan fingerprint density at radius 1 is 1.10 bits per heavy atom. The normalized spacial score (nSPS) is 14.2. The van der Waals surface area contributed by atoms with E-state index in [0.717, 1.165) is 5.56 Å². The van der Waals surface area contributed by atoms with Gasteiger partial charge in [0.2, 0.25) is 11.9 Å². The van der Waals surface area contributed by atoms with Crippen LogP contribution >= 0.6 is 0 Å². The number of carbonyl (C=O) groups excluding carboxylic acids is 1. The monoisotopic (exact) mass is 397 g/mol. The Morgan fingerprint density at radius 2 is 1.83 bits per heavy atom. The van der Waals surface area contributed by atoms with Gasteiger partial charge in [-0.05, 0) is 30.3 Å². The van der Waals surface area contributed by atoms with Crippen LogP contribution in [0, 0.1) is 5.82 Å². The molecule has 29 heavy (non-hydrogen) atoms. The topological polar surface area (TPSA) is 84.6 Å². The molecule has 0 N–H and O–H groups in total. The lowest BCUT2D eigenvalue weighted by atomic mass is 10.1. The van der Waals surface area contributed by atoms with E-state index in [0.29, 0.717) is 43.6 Å². The number of benzene rings is 1. The van der Waals surface area contributed by atoms with E-state index in [4.69, 9.17) is 9.26 Å². The third kappa shape index (κ3) is 4.75. The van der Waals surface area contributed by atoms with Crippen molar-refractivity contribution >= 4 is 11.9 Å². The number of amides is 1. The van der Waals surface area contributed by atoms with Crippen molar-refractivity contribution in [2.75, 3.05) is 37.7 Å². The highest BCUT2D eigenvalue weighted by molar-refractivity contribution is 5.77. The summed E-state index contributed by atoms with van der Waals surface area (Å²) in [5.74, 6) is 0.821. The molecule has 1 amide bonds. The van der Waals surface area contributed by atoms with Gasteiger partial charge in [0.05, 0.1) is 6.61 Å². The number of aromatic nitrogens is 3. The molecule has 1 aliphatic rings. The number of ether oxygens (including phenoxy) is 1. The van der Waals surface area contributed by atoms with Crippen molar-refractivity contribution in [1.29, 1.82) is 0 Å². The van der Waals surface area contributed by atoms with Crippen LogP contribution in [0.25, 0.3) is 11.3 Å². The molecule has 1 fully saturated rings. The van der Waals surface area contributed by atoms with Crippen molar-refractivity contribution in [3.8, 4) is 11.3 Å². The zero-order chi connectivity index (χ0) is 20.1. The predicted molar refractivity (Wildman–Crippen MR) is 102 cm³/mol. The minimum Gasteiger partial charge on any atom is -0.365 e. The molecule has 0 atom stereocenters. The third-order valence-corrected chi connectivity index (χ3v) is 4.63. The maximum absolute atomic E-state index is 13.0. The summed E-state index contributed by atoms with van der Waals surface area (Å²) in [6.45, 7) is 2.69. The lowest BCUT2D eigenvalue weighted by Crippen LogP contribution is -2.50. The van der Waals surface area contributed by atoms with Gasteiger partial charge in [-0.25, -0.2) is 14.4 Å². The van der Waals surface area contributed by atoms with Gasteiger partial charge in [-0.2, -0.15) is 0 Å². The summed E-state index contributed by atoms with van der Waals surface area (Å²) in [6, 6.07) is 9.44. The fourth-order valence-electron chi connectivity index (χ4n) is 3.07. The van der Waals surface area contributed by atoms with Crippen LogP contribution in [-0.4, -0.2) is 58.7 Å². The number of rotatable bonds is 6. The van der Waals surface area contributed by atoms with Crippen molar-refractivity contribution in [3.63, 3.8) is 0 Å². The molecule has 1 aromatic carbocycles. The Kier molecular flexibility index (Phi) is 5.76. The summed E-state index contributed by atoms with van der Waals surface area (Å²) >= 11 is 0. The molecular formula is C20H20FN5O3. The molecule has 3 aromatic rings. The van der Waals surface area contributed by atoms with Crippen LogP contribution in [-0.2, 0) is 16.1 Å². The van der Waals surface area contributed by atoms with Crippen LogP contribution in [0.3, 0.4) is 0 Å². The molecule has 1 saturated heterocycles. The predicted octanol–water partition coefficient (Wildman–Crippen LogP) is 2.14. The first-order valence-electron chi connectivity index (χ1n) is 9.28. The fourth-order valence-corrected chi connectivity index (χ4v) is 3.07. The van der Waals surface area contributed by atoms with E-state index in [1.807, 2.05) is 0 Å². The smallest absolute Gasteiger partial charge is 0.248 e. The zero-order valence-electron chi connectivity index (χ0n) is 15.7. The summed E-state index contributed by atoms with van der Waals surface area (Å²) in [5.41, 5.74) is 1.30. The molecule has 0 bridgehead atoms. The number of nitrogens with zero attached hydrogens (tertiary/aromatic N) is 5. The van der Waals surface area contributed by atoms with Gasteiger partial charge >= 0.3 is 0 Å². The van der Waals surface area contributed by atoms with Gasteiger partial charge in [-0.3, -0.25) is 4.79 Å². The van der Waals surface area contributed by atoms with E-state index >= 15 is 0 Å². The van der Waals surface area contributed by atoms with Crippen molar-refractivity contribution < 1.29 is 18.4 Å². The van der Waals surface area contributed by atoms with Gasteiger partial charge in [0.15, 0.2) is 5.76 Å². The van der Waals surface area contributed by atoms with Gasteiger partial charge in [-0.1, -0.05) is 5.16 Å². The molecule has 0 aliphatic carbocycles. The van der Waals surface area contributed by atoms with E-state index in [2.05, 4.69) is 20.0 Å². The summed E-state index contributed by atoms with van der Waals surface area (Å²) < 4.78 is 23.8. The van der Waals surface area contributed by atoms with Crippen LogP contribution < -0.4 is 4.90 Å². The first-order chi connectivity index (χ1) is 14.2. The SMILES string of the molecule is O=C(COCc1cc(-c2ccc(F)cc2)on1)N1CCN(c2ncccn2)CC1. The highest BCUT2D eigenvalue weighted by atomic mass is 19.1. The largest absolute Gasteiger partial charge is 0.365 e. The second-order valence-electron chi connectivity index (χ2n) is 6.60. The Morgan fingerprint density at radius 3 is 2.55 bits per heavy atom. The number of anilines is 1. The van der Waals surface area contributed by atoms with Crippen LogP contribution in [0.5, 0.6) is 0 Å². The average molecular weight is 397 g/mol. The Balaban J connectivity index is 1.22. The van der Waals surface area contributed by atoms with Crippen LogP contribution in [0.4, 0.5) is 10.3 Å². The highest BCUT2D eigenvalue weighted by Crippen LogP contribution is 2.21. The van der Waals surface area contributed by atoms with E-state index < -0.39 is 0 Å². The third-order valence-electron chi connectivity index (χ3n) is 4.63.